The van der Waals surface area contributed by atoms with E-state index in [-0.39, 0.29) is 5.95 Å². The lowest BCUT2D eigenvalue weighted by molar-refractivity contribution is 0.636. The Hall–Kier alpha value is -3.61. The van der Waals surface area contributed by atoms with Crippen molar-refractivity contribution in [2.24, 2.45) is 0 Å². The van der Waals surface area contributed by atoms with Crippen molar-refractivity contribution in [3.8, 4) is 22.6 Å². The van der Waals surface area contributed by atoms with Crippen LogP contribution < -0.4 is 5.73 Å². The standard InChI is InChI=1S/C21H21N7/c1-3-16-8-5-9-17(23-16)12-28-13-20(26-27-28)19-11-18(24-21(22)25-19)15-7-4-6-14(2)10-15/h4-11,13H,3,12H2,1-2H3,(H2,22,24,25). The highest BCUT2D eigenvalue weighted by atomic mass is 15.4. The van der Waals surface area contributed by atoms with Gasteiger partial charge >= 0.3 is 0 Å². The summed E-state index contributed by atoms with van der Waals surface area (Å²) in [5.41, 5.74) is 12.1. The molecule has 0 spiro atoms. The summed E-state index contributed by atoms with van der Waals surface area (Å²) in [7, 11) is 0. The van der Waals surface area contributed by atoms with E-state index in [1.54, 1.807) is 4.68 Å². The lowest BCUT2D eigenvalue weighted by Crippen LogP contribution is -2.03. The Morgan fingerprint density at radius 3 is 2.50 bits per heavy atom. The van der Waals surface area contributed by atoms with E-state index in [1.165, 1.54) is 0 Å². The number of hydrogen-bond donors (Lipinski definition) is 1. The molecule has 1 aromatic carbocycles. The summed E-state index contributed by atoms with van der Waals surface area (Å²) in [6.45, 7) is 4.68. The van der Waals surface area contributed by atoms with Crippen LogP contribution in [0.3, 0.4) is 0 Å². The number of rotatable bonds is 5. The van der Waals surface area contributed by atoms with Gasteiger partial charge in [-0.25, -0.2) is 14.6 Å². The van der Waals surface area contributed by atoms with Crippen molar-refractivity contribution in [3.63, 3.8) is 0 Å². The predicted octanol–water partition coefficient (Wildman–Crippen LogP) is 3.30. The van der Waals surface area contributed by atoms with Crippen LogP contribution in [0, 0.1) is 6.92 Å². The summed E-state index contributed by atoms with van der Waals surface area (Å²) in [4.78, 5) is 13.3. The first kappa shape index (κ1) is 17.8. The molecule has 0 bridgehead atoms. The topological polar surface area (TPSA) is 95.4 Å². The number of nitrogens with zero attached hydrogens (tertiary/aromatic N) is 6. The Morgan fingerprint density at radius 2 is 1.68 bits per heavy atom. The second-order valence-corrected chi connectivity index (χ2v) is 6.64. The fourth-order valence-corrected chi connectivity index (χ4v) is 3.02. The Morgan fingerprint density at radius 1 is 0.893 bits per heavy atom. The number of anilines is 1. The summed E-state index contributed by atoms with van der Waals surface area (Å²) in [6, 6.07) is 16.0. The lowest BCUT2D eigenvalue weighted by Gasteiger charge is -2.05. The van der Waals surface area contributed by atoms with Crippen molar-refractivity contribution in [3.05, 3.63) is 71.7 Å². The van der Waals surface area contributed by atoms with Gasteiger partial charge in [-0.1, -0.05) is 42.0 Å². The molecule has 0 unspecified atom stereocenters. The smallest absolute Gasteiger partial charge is 0.221 e. The van der Waals surface area contributed by atoms with Crippen LogP contribution in [-0.2, 0) is 13.0 Å². The normalized spacial score (nSPS) is 10.9. The summed E-state index contributed by atoms with van der Waals surface area (Å²) < 4.78 is 1.75. The molecule has 0 fully saturated rings. The first-order valence-corrected chi connectivity index (χ1v) is 9.17. The van der Waals surface area contributed by atoms with Crippen molar-refractivity contribution in [2.45, 2.75) is 26.8 Å². The van der Waals surface area contributed by atoms with Crippen LogP contribution in [-0.4, -0.2) is 29.9 Å². The number of aromatic nitrogens is 6. The number of hydrogen-bond acceptors (Lipinski definition) is 6. The largest absolute Gasteiger partial charge is 0.368 e. The predicted molar refractivity (Wildman–Crippen MR) is 108 cm³/mol. The minimum absolute atomic E-state index is 0.209. The molecule has 0 radical (unpaired) electrons. The van der Waals surface area contributed by atoms with Crippen molar-refractivity contribution in [1.82, 2.24) is 29.9 Å². The van der Waals surface area contributed by atoms with Crippen LogP contribution in [0.25, 0.3) is 22.6 Å². The van der Waals surface area contributed by atoms with E-state index < -0.39 is 0 Å². The highest BCUT2D eigenvalue weighted by Crippen LogP contribution is 2.24. The van der Waals surface area contributed by atoms with Gasteiger partial charge < -0.3 is 5.73 Å². The number of nitrogen functional groups attached to an aromatic ring is 1. The first-order valence-electron chi connectivity index (χ1n) is 9.17. The van der Waals surface area contributed by atoms with Gasteiger partial charge in [-0.05, 0) is 37.6 Å². The van der Waals surface area contributed by atoms with E-state index >= 15 is 0 Å². The van der Waals surface area contributed by atoms with E-state index in [2.05, 4.69) is 38.3 Å². The van der Waals surface area contributed by atoms with Crippen molar-refractivity contribution in [2.75, 3.05) is 5.73 Å². The Kier molecular flexibility index (Phi) is 4.80. The van der Waals surface area contributed by atoms with Gasteiger partial charge in [0.1, 0.15) is 5.69 Å². The highest BCUT2D eigenvalue weighted by molar-refractivity contribution is 5.67. The van der Waals surface area contributed by atoms with Crippen LogP contribution >= 0.6 is 0 Å². The molecule has 4 aromatic rings. The van der Waals surface area contributed by atoms with Gasteiger partial charge in [0.05, 0.1) is 29.8 Å². The van der Waals surface area contributed by atoms with Crippen molar-refractivity contribution < 1.29 is 0 Å². The fraction of sp³-hybridized carbons (Fsp3) is 0.190. The van der Waals surface area contributed by atoms with E-state index in [4.69, 9.17) is 5.73 Å². The average molecular weight is 371 g/mol. The minimum Gasteiger partial charge on any atom is -0.368 e. The molecule has 4 rings (SSSR count). The van der Waals surface area contributed by atoms with Crippen LogP contribution in [0.5, 0.6) is 0 Å². The van der Waals surface area contributed by atoms with Gasteiger partial charge in [-0.2, -0.15) is 0 Å². The quantitative estimate of drug-likeness (QED) is 0.578. The monoisotopic (exact) mass is 371 g/mol. The molecule has 7 heteroatoms. The molecule has 0 saturated heterocycles. The SMILES string of the molecule is CCc1cccc(Cn2cc(-c3cc(-c4cccc(C)c4)nc(N)n3)nn2)n1. The molecule has 0 aliphatic carbocycles. The fourth-order valence-electron chi connectivity index (χ4n) is 3.02. The summed E-state index contributed by atoms with van der Waals surface area (Å²) in [5, 5.41) is 8.47. The molecule has 7 nitrogen and oxygen atoms in total. The van der Waals surface area contributed by atoms with Gasteiger partial charge in [-0.15, -0.1) is 5.10 Å². The van der Waals surface area contributed by atoms with Crippen LogP contribution in [0.2, 0.25) is 0 Å². The minimum atomic E-state index is 0.209. The van der Waals surface area contributed by atoms with E-state index in [0.29, 0.717) is 17.9 Å². The second-order valence-electron chi connectivity index (χ2n) is 6.64. The maximum absolute atomic E-state index is 5.95. The molecule has 0 saturated carbocycles. The molecular weight excluding hydrogens is 350 g/mol. The average Bonchev–Trinajstić information content (AvgIpc) is 3.16. The number of benzene rings is 1. The summed E-state index contributed by atoms with van der Waals surface area (Å²) in [6.07, 6.45) is 2.75. The highest BCUT2D eigenvalue weighted by Gasteiger charge is 2.11. The lowest BCUT2D eigenvalue weighted by atomic mass is 10.1. The molecule has 0 amide bonds. The first-order chi connectivity index (χ1) is 13.6. The van der Waals surface area contributed by atoms with Gasteiger partial charge in [0.25, 0.3) is 0 Å². The molecule has 0 aliphatic rings. The van der Waals surface area contributed by atoms with Crippen molar-refractivity contribution in [1.29, 1.82) is 0 Å². The second kappa shape index (κ2) is 7.56. The molecule has 0 aliphatic heterocycles. The Labute approximate surface area is 163 Å². The maximum atomic E-state index is 5.95. The zero-order valence-electron chi connectivity index (χ0n) is 15.9. The van der Waals surface area contributed by atoms with Gasteiger partial charge in [-0.3, -0.25) is 4.98 Å². The molecule has 2 N–H and O–H groups in total. The third kappa shape index (κ3) is 3.88. The molecular formula is C21H21N7. The summed E-state index contributed by atoms with van der Waals surface area (Å²) >= 11 is 0. The summed E-state index contributed by atoms with van der Waals surface area (Å²) in [5.74, 6) is 0.209. The molecule has 0 atom stereocenters. The molecule has 28 heavy (non-hydrogen) atoms. The van der Waals surface area contributed by atoms with Gasteiger partial charge in [0.15, 0.2) is 0 Å². The van der Waals surface area contributed by atoms with Gasteiger partial charge in [0.2, 0.25) is 5.95 Å². The van der Waals surface area contributed by atoms with E-state index in [9.17, 15) is 0 Å². The van der Waals surface area contributed by atoms with Crippen LogP contribution in [0.15, 0.2) is 54.7 Å². The van der Waals surface area contributed by atoms with Crippen LogP contribution in [0.1, 0.15) is 23.9 Å². The zero-order chi connectivity index (χ0) is 19.5. The zero-order valence-corrected chi connectivity index (χ0v) is 15.9. The van der Waals surface area contributed by atoms with E-state index in [1.807, 2.05) is 55.6 Å². The molecule has 3 aromatic heterocycles. The third-order valence-corrected chi connectivity index (χ3v) is 4.41. The third-order valence-electron chi connectivity index (χ3n) is 4.41. The van der Waals surface area contributed by atoms with Gasteiger partial charge in [0, 0.05) is 11.3 Å². The van der Waals surface area contributed by atoms with E-state index in [0.717, 1.165) is 34.6 Å². The van der Waals surface area contributed by atoms with Crippen LogP contribution in [0.4, 0.5) is 5.95 Å². The molecule has 3 heterocycles. The number of aryl methyl sites for hydroxylation is 2. The number of pyridine rings is 1. The molecule has 140 valence electrons. The maximum Gasteiger partial charge on any atom is 0.221 e. The van der Waals surface area contributed by atoms with Crippen molar-refractivity contribution >= 4 is 5.95 Å². The Balaban J connectivity index is 1.63. The Bertz CT molecular complexity index is 1120. The number of nitrogens with two attached hydrogens (primary N) is 1.